The molecular weight excluding hydrogens is 575 g/mol. The van der Waals surface area contributed by atoms with Crippen molar-refractivity contribution in [1.29, 1.82) is 0 Å². The van der Waals surface area contributed by atoms with Crippen molar-refractivity contribution < 1.29 is 27.4 Å². The second kappa shape index (κ2) is 12.1. The molecule has 0 bridgehead atoms. The minimum atomic E-state index is -4.55. The van der Waals surface area contributed by atoms with Crippen LogP contribution in [0.25, 0.3) is 11.0 Å². The number of piperidine rings is 1. The Morgan fingerprint density at radius 1 is 1.02 bits per heavy atom. The zero-order valence-corrected chi connectivity index (χ0v) is 24.6. The summed E-state index contributed by atoms with van der Waals surface area (Å²) in [6.07, 6.45) is 3.22. The molecule has 3 fully saturated rings. The lowest BCUT2D eigenvalue weighted by Gasteiger charge is -2.40. The van der Waals surface area contributed by atoms with Crippen molar-refractivity contribution >= 4 is 34.4 Å². The molecule has 0 atom stereocenters. The Balaban J connectivity index is 1.11. The fraction of sp³-hybridized carbons (Fsp3) is 0.581. The monoisotopic (exact) mass is 613 g/mol. The molecule has 2 saturated heterocycles. The number of hydrogen-bond donors (Lipinski definition) is 3. The highest BCUT2D eigenvalue weighted by Gasteiger charge is 2.36. The van der Waals surface area contributed by atoms with Gasteiger partial charge in [0.1, 0.15) is 17.2 Å². The molecule has 1 saturated carbocycles. The minimum Gasteiger partial charge on any atom is -0.491 e. The number of anilines is 3. The third-order valence-corrected chi connectivity index (χ3v) is 9.52. The summed E-state index contributed by atoms with van der Waals surface area (Å²) in [5, 5.41) is 6.29. The maximum absolute atomic E-state index is 13.8. The third kappa shape index (κ3) is 5.79. The summed E-state index contributed by atoms with van der Waals surface area (Å²) in [5.41, 5.74) is 1.32. The first-order valence-corrected chi connectivity index (χ1v) is 15.7. The fourth-order valence-corrected chi connectivity index (χ4v) is 7.16. The van der Waals surface area contributed by atoms with Crippen molar-refractivity contribution in [3.8, 4) is 5.75 Å². The van der Waals surface area contributed by atoms with Gasteiger partial charge >= 0.3 is 6.18 Å². The number of carbonyl (C=O) groups excluding carboxylic acids is 1. The molecule has 1 aromatic carbocycles. The van der Waals surface area contributed by atoms with Gasteiger partial charge in [0.15, 0.2) is 0 Å². The van der Waals surface area contributed by atoms with Gasteiger partial charge in [0.2, 0.25) is 5.95 Å². The van der Waals surface area contributed by atoms with Gasteiger partial charge in [-0.05, 0) is 43.7 Å². The van der Waals surface area contributed by atoms with E-state index >= 15 is 0 Å². The number of fused-ring (bicyclic) bond motifs is 2. The van der Waals surface area contributed by atoms with Crippen LogP contribution in [0.1, 0.15) is 60.0 Å². The van der Waals surface area contributed by atoms with E-state index in [1.165, 1.54) is 0 Å². The highest BCUT2D eigenvalue weighted by Crippen LogP contribution is 2.41. The lowest BCUT2D eigenvalue weighted by atomic mass is 9.99. The lowest BCUT2D eigenvalue weighted by molar-refractivity contribution is -0.136. The van der Waals surface area contributed by atoms with Crippen LogP contribution >= 0.6 is 0 Å². The number of rotatable bonds is 7. The molecule has 0 unspecified atom stereocenters. The van der Waals surface area contributed by atoms with Gasteiger partial charge < -0.3 is 30.0 Å². The topological polar surface area (TPSA) is 108 Å². The number of aromatic amines is 1. The zero-order chi connectivity index (χ0) is 30.3. The van der Waals surface area contributed by atoms with Crippen LogP contribution in [-0.2, 0) is 17.3 Å². The van der Waals surface area contributed by atoms with E-state index in [0.29, 0.717) is 61.6 Å². The van der Waals surface area contributed by atoms with Crippen LogP contribution in [0.4, 0.5) is 30.6 Å². The molecule has 1 aliphatic carbocycles. The number of ether oxygens (including phenoxy) is 2. The van der Waals surface area contributed by atoms with Crippen LogP contribution in [0.3, 0.4) is 0 Å². The van der Waals surface area contributed by atoms with Crippen molar-refractivity contribution in [3.63, 3.8) is 0 Å². The summed E-state index contributed by atoms with van der Waals surface area (Å²) in [5.74, 6) is 1.25. The molecule has 236 valence electrons. The third-order valence-electron chi connectivity index (χ3n) is 9.52. The average molecular weight is 614 g/mol. The standard InChI is InChI=1S/C31H38F3N7O3/c32-31(33,34)23-18-36-28-25(23)27(35-17-19-3-1-2-4-19)38-30(39-28)37-24-6-5-22(21-9-14-44-26(21)24)29(42)41-10-7-20(8-11-41)40-12-15-43-16-13-40/h5-6,18-20H,1-4,7-17H2,(H3,35,36,37,38,39). The molecule has 44 heavy (non-hydrogen) atoms. The van der Waals surface area contributed by atoms with E-state index in [1.807, 2.05) is 4.90 Å². The van der Waals surface area contributed by atoms with Crippen molar-refractivity contribution in [1.82, 2.24) is 24.8 Å². The van der Waals surface area contributed by atoms with Crippen molar-refractivity contribution in [2.45, 2.75) is 57.2 Å². The normalized spacial score (nSPS) is 20.2. The molecule has 1 amide bonds. The van der Waals surface area contributed by atoms with Crippen LogP contribution in [0.2, 0.25) is 0 Å². The largest absolute Gasteiger partial charge is 0.491 e. The Labute approximate surface area is 253 Å². The van der Waals surface area contributed by atoms with E-state index in [2.05, 4.69) is 30.5 Å². The van der Waals surface area contributed by atoms with Gasteiger partial charge in [-0.2, -0.15) is 23.1 Å². The number of hydrogen-bond acceptors (Lipinski definition) is 8. The van der Waals surface area contributed by atoms with Crippen LogP contribution in [-0.4, -0.2) is 89.2 Å². The number of alkyl halides is 3. The highest BCUT2D eigenvalue weighted by molar-refractivity contribution is 5.98. The number of amides is 1. The van der Waals surface area contributed by atoms with Gasteiger partial charge in [-0.15, -0.1) is 0 Å². The highest BCUT2D eigenvalue weighted by atomic mass is 19.4. The number of nitrogens with one attached hydrogen (secondary N) is 3. The van der Waals surface area contributed by atoms with Gasteiger partial charge in [-0.3, -0.25) is 9.69 Å². The van der Waals surface area contributed by atoms with E-state index in [-0.39, 0.29) is 28.7 Å². The van der Waals surface area contributed by atoms with Crippen molar-refractivity contribution in [2.24, 2.45) is 5.92 Å². The Hall–Kier alpha value is -3.58. The lowest BCUT2D eigenvalue weighted by Crippen LogP contribution is -2.50. The predicted molar refractivity (Wildman–Crippen MR) is 160 cm³/mol. The number of halogens is 3. The first-order chi connectivity index (χ1) is 21.3. The van der Waals surface area contributed by atoms with Gasteiger partial charge in [-0.1, -0.05) is 12.8 Å². The second-order valence-electron chi connectivity index (χ2n) is 12.2. The Morgan fingerprint density at radius 3 is 2.55 bits per heavy atom. The Bertz CT molecular complexity index is 1510. The Morgan fingerprint density at radius 2 is 1.80 bits per heavy atom. The molecular formula is C31H38F3N7O3. The van der Waals surface area contributed by atoms with E-state index in [9.17, 15) is 18.0 Å². The van der Waals surface area contributed by atoms with E-state index < -0.39 is 11.7 Å². The molecule has 3 aliphatic heterocycles. The summed E-state index contributed by atoms with van der Waals surface area (Å²) in [7, 11) is 0. The first kappa shape index (κ1) is 29.1. The van der Waals surface area contributed by atoms with Gasteiger partial charge in [0, 0.05) is 62.5 Å². The molecule has 0 radical (unpaired) electrons. The van der Waals surface area contributed by atoms with Gasteiger partial charge in [-0.25, -0.2) is 0 Å². The quantitative estimate of drug-likeness (QED) is 0.334. The SMILES string of the molecule is O=C(c1ccc(Nc2nc(NCC3CCCC3)c3c(C(F)(F)F)c[nH]c3n2)c2c1CCO2)N1CCC(N2CCOCC2)CC1. The van der Waals surface area contributed by atoms with Crippen molar-refractivity contribution in [3.05, 3.63) is 35.0 Å². The molecule has 4 aliphatic rings. The molecule has 10 nitrogen and oxygen atoms in total. The maximum Gasteiger partial charge on any atom is 0.418 e. The average Bonchev–Trinajstić information content (AvgIpc) is 3.82. The van der Waals surface area contributed by atoms with E-state index in [0.717, 1.165) is 76.6 Å². The van der Waals surface area contributed by atoms with Crippen LogP contribution < -0.4 is 15.4 Å². The number of benzene rings is 1. The fourth-order valence-electron chi connectivity index (χ4n) is 7.16. The van der Waals surface area contributed by atoms with Crippen molar-refractivity contribution in [2.75, 3.05) is 63.2 Å². The van der Waals surface area contributed by atoms with E-state index in [4.69, 9.17) is 9.47 Å². The number of carbonyl (C=O) groups is 1. The smallest absolute Gasteiger partial charge is 0.418 e. The summed E-state index contributed by atoms with van der Waals surface area (Å²) < 4.78 is 53.0. The van der Waals surface area contributed by atoms with Gasteiger partial charge in [0.05, 0.1) is 36.5 Å². The van der Waals surface area contributed by atoms with Crippen LogP contribution in [0, 0.1) is 5.92 Å². The molecule has 3 N–H and O–H groups in total. The minimum absolute atomic E-state index is 0.000798. The molecule has 5 heterocycles. The number of nitrogens with zero attached hydrogens (tertiary/aromatic N) is 4. The number of morpholine rings is 1. The molecule has 7 rings (SSSR count). The predicted octanol–water partition coefficient (Wildman–Crippen LogP) is 5.19. The number of likely N-dealkylation sites (tertiary alicyclic amines) is 1. The molecule has 0 spiro atoms. The number of H-pyrrole nitrogens is 1. The van der Waals surface area contributed by atoms with E-state index in [1.54, 1.807) is 12.1 Å². The summed E-state index contributed by atoms with van der Waals surface area (Å²) >= 11 is 0. The summed E-state index contributed by atoms with van der Waals surface area (Å²) in [6, 6.07) is 4.05. The number of aromatic nitrogens is 3. The van der Waals surface area contributed by atoms with Gasteiger partial charge in [0.25, 0.3) is 5.91 Å². The Kier molecular flexibility index (Phi) is 8.00. The summed E-state index contributed by atoms with van der Waals surface area (Å²) in [4.78, 5) is 29.6. The first-order valence-electron chi connectivity index (χ1n) is 15.7. The molecule has 2 aromatic heterocycles. The summed E-state index contributed by atoms with van der Waals surface area (Å²) in [6.45, 7) is 5.82. The molecule has 3 aromatic rings. The van der Waals surface area contributed by atoms with Crippen LogP contribution in [0.15, 0.2) is 18.3 Å². The second-order valence-corrected chi connectivity index (χ2v) is 12.2. The van der Waals surface area contributed by atoms with Crippen LogP contribution in [0.5, 0.6) is 5.75 Å². The maximum atomic E-state index is 13.8. The zero-order valence-electron chi connectivity index (χ0n) is 24.6. The molecule has 13 heteroatoms.